The molecule has 0 unspecified atom stereocenters. The van der Waals surface area contributed by atoms with Gasteiger partial charge in [0.2, 0.25) is 0 Å². The van der Waals surface area contributed by atoms with E-state index in [1.54, 1.807) is 0 Å². The molecule has 4 heteroatoms. The van der Waals surface area contributed by atoms with Gasteiger partial charge in [0.05, 0.1) is 11.0 Å². The topological polar surface area (TPSA) is 41.3 Å². The Kier molecular flexibility index (Phi) is 4.35. The van der Waals surface area contributed by atoms with Gasteiger partial charge in [-0.05, 0) is 43.7 Å². The average molecular weight is 309 g/mol. The van der Waals surface area contributed by atoms with Crippen LogP contribution in [0.15, 0.2) is 48.5 Å². The van der Waals surface area contributed by atoms with Crippen molar-refractivity contribution in [3.8, 4) is 0 Å². The van der Waals surface area contributed by atoms with Crippen molar-refractivity contribution in [2.45, 2.75) is 20.0 Å². The lowest BCUT2D eigenvalue weighted by atomic mass is 10.1. The second-order valence-electron chi connectivity index (χ2n) is 5.68. The minimum atomic E-state index is -0.724. The van der Waals surface area contributed by atoms with Crippen molar-refractivity contribution >= 4 is 16.7 Å². The second kappa shape index (κ2) is 6.42. The van der Waals surface area contributed by atoms with Gasteiger partial charge in [0.25, 0.3) is 0 Å². The zero-order chi connectivity index (χ0) is 16.4. The standard InChI is InChI=1S/C19H23N3O/c1-4-22(5-2)15-12-10-14(11-13-15)18(23)19-20-16-8-6-7-9-17(16)21(19)3/h6-13,18,23H,4-5H2,1-3H3/t18-/m0/s1. The molecular formula is C19H23N3O. The van der Waals surface area contributed by atoms with Crippen molar-refractivity contribution in [2.75, 3.05) is 18.0 Å². The van der Waals surface area contributed by atoms with Crippen molar-refractivity contribution < 1.29 is 5.11 Å². The van der Waals surface area contributed by atoms with E-state index in [0.717, 1.165) is 29.7 Å². The van der Waals surface area contributed by atoms with Crippen LogP contribution in [0.5, 0.6) is 0 Å². The Morgan fingerprint density at radius 3 is 2.30 bits per heavy atom. The zero-order valence-corrected chi connectivity index (χ0v) is 13.9. The number of aryl methyl sites for hydroxylation is 1. The highest BCUT2D eigenvalue weighted by Gasteiger charge is 2.18. The van der Waals surface area contributed by atoms with Crippen LogP contribution < -0.4 is 4.90 Å². The highest BCUT2D eigenvalue weighted by atomic mass is 16.3. The molecule has 3 aromatic rings. The number of benzene rings is 2. The normalized spacial score (nSPS) is 12.5. The molecule has 2 aromatic carbocycles. The fourth-order valence-corrected chi connectivity index (χ4v) is 3.01. The van der Waals surface area contributed by atoms with Crippen LogP contribution in [0.2, 0.25) is 0 Å². The summed E-state index contributed by atoms with van der Waals surface area (Å²) in [5, 5.41) is 10.7. The van der Waals surface area contributed by atoms with Crippen LogP contribution in [0, 0.1) is 0 Å². The second-order valence-corrected chi connectivity index (χ2v) is 5.68. The monoisotopic (exact) mass is 309 g/mol. The van der Waals surface area contributed by atoms with Crippen LogP contribution in [-0.2, 0) is 7.05 Å². The van der Waals surface area contributed by atoms with E-state index < -0.39 is 6.10 Å². The Labute approximate surface area is 137 Å². The molecule has 0 radical (unpaired) electrons. The van der Waals surface area contributed by atoms with Gasteiger partial charge in [0.1, 0.15) is 11.9 Å². The van der Waals surface area contributed by atoms with Crippen molar-refractivity contribution in [3.63, 3.8) is 0 Å². The minimum Gasteiger partial charge on any atom is -0.380 e. The molecule has 0 spiro atoms. The van der Waals surface area contributed by atoms with Gasteiger partial charge >= 0.3 is 0 Å². The fourth-order valence-electron chi connectivity index (χ4n) is 3.01. The van der Waals surface area contributed by atoms with E-state index in [4.69, 9.17) is 0 Å². The summed E-state index contributed by atoms with van der Waals surface area (Å²) in [4.78, 5) is 6.86. The van der Waals surface area contributed by atoms with Gasteiger partial charge in [-0.25, -0.2) is 4.98 Å². The Morgan fingerprint density at radius 1 is 1.04 bits per heavy atom. The number of nitrogens with zero attached hydrogens (tertiary/aromatic N) is 3. The molecule has 0 amide bonds. The summed E-state index contributed by atoms with van der Waals surface area (Å²) in [6.45, 7) is 6.24. The Morgan fingerprint density at radius 2 is 1.70 bits per heavy atom. The highest BCUT2D eigenvalue weighted by Crippen LogP contribution is 2.26. The van der Waals surface area contributed by atoms with E-state index in [0.29, 0.717) is 5.82 Å². The SMILES string of the molecule is CCN(CC)c1ccc([C@H](O)c2nc3ccccc3n2C)cc1. The maximum atomic E-state index is 10.7. The molecular weight excluding hydrogens is 286 g/mol. The molecule has 0 saturated carbocycles. The third-order valence-electron chi connectivity index (χ3n) is 4.40. The van der Waals surface area contributed by atoms with Gasteiger partial charge in [0.15, 0.2) is 0 Å². The van der Waals surface area contributed by atoms with E-state index in [9.17, 15) is 5.11 Å². The first-order valence-corrected chi connectivity index (χ1v) is 8.10. The summed E-state index contributed by atoms with van der Waals surface area (Å²) in [6.07, 6.45) is -0.724. The number of aliphatic hydroxyl groups is 1. The molecule has 1 heterocycles. The number of rotatable bonds is 5. The molecule has 0 aliphatic carbocycles. The quantitative estimate of drug-likeness (QED) is 0.784. The lowest BCUT2D eigenvalue weighted by molar-refractivity contribution is 0.207. The molecule has 1 aromatic heterocycles. The molecule has 120 valence electrons. The number of anilines is 1. The molecule has 0 fully saturated rings. The van der Waals surface area contributed by atoms with Gasteiger partial charge in [-0.3, -0.25) is 0 Å². The molecule has 0 aliphatic heterocycles. The Balaban J connectivity index is 1.92. The highest BCUT2D eigenvalue weighted by molar-refractivity contribution is 5.76. The van der Waals surface area contributed by atoms with Crippen LogP contribution in [0.3, 0.4) is 0 Å². The summed E-state index contributed by atoms with van der Waals surface area (Å²) in [5.41, 5.74) is 3.97. The van der Waals surface area contributed by atoms with Gasteiger partial charge in [-0.2, -0.15) is 0 Å². The van der Waals surface area contributed by atoms with Crippen LogP contribution in [0.1, 0.15) is 31.3 Å². The molecule has 4 nitrogen and oxygen atoms in total. The van der Waals surface area contributed by atoms with Crippen molar-refractivity contribution in [1.82, 2.24) is 9.55 Å². The maximum absolute atomic E-state index is 10.7. The predicted octanol–water partition coefficient (Wildman–Crippen LogP) is 3.50. The van der Waals surface area contributed by atoms with Gasteiger partial charge in [0, 0.05) is 25.8 Å². The molecule has 3 rings (SSSR count). The fraction of sp³-hybridized carbons (Fsp3) is 0.316. The number of hydrogen-bond acceptors (Lipinski definition) is 3. The summed E-state index contributed by atoms with van der Waals surface area (Å²) in [5.74, 6) is 0.668. The van der Waals surface area contributed by atoms with Crippen LogP contribution >= 0.6 is 0 Å². The van der Waals surface area contributed by atoms with Crippen molar-refractivity contribution in [1.29, 1.82) is 0 Å². The number of aliphatic hydroxyl groups excluding tert-OH is 1. The first-order valence-electron chi connectivity index (χ1n) is 8.10. The molecule has 0 saturated heterocycles. The number of hydrogen-bond donors (Lipinski definition) is 1. The number of para-hydroxylation sites is 2. The number of imidazole rings is 1. The number of fused-ring (bicyclic) bond motifs is 1. The summed E-state index contributed by atoms with van der Waals surface area (Å²) in [6, 6.07) is 16.0. The third kappa shape index (κ3) is 2.82. The van der Waals surface area contributed by atoms with E-state index in [1.165, 1.54) is 5.69 Å². The Bertz CT molecular complexity index is 788. The Hall–Kier alpha value is -2.33. The summed E-state index contributed by atoms with van der Waals surface area (Å²) < 4.78 is 1.96. The largest absolute Gasteiger partial charge is 0.380 e. The summed E-state index contributed by atoms with van der Waals surface area (Å²) in [7, 11) is 1.94. The van der Waals surface area contributed by atoms with E-state index in [1.807, 2.05) is 48.0 Å². The first-order chi connectivity index (χ1) is 11.2. The number of aromatic nitrogens is 2. The van der Waals surface area contributed by atoms with Crippen LogP contribution in [0.25, 0.3) is 11.0 Å². The molecule has 1 atom stereocenters. The van der Waals surface area contributed by atoms with Crippen LogP contribution in [0.4, 0.5) is 5.69 Å². The third-order valence-corrected chi connectivity index (χ3v) is 4.40. The molecule has 23 heavy (non-hydrogen) atoms. The first kappa shape index (κ1) is 15.6. The predicted molar refractivity (Wildman–Crippen MR) is 94.8 cm³/mol. The van der Waals surface area contributed by atoms with Gasteiger partial charge < -0.3 is 14.6 Å². The van der Waals surface area contributed by atoms with E-state index in [2.05, 4.69) is 35.9 Å². The lowest BCUT2D eigenvalue weighted by Gasteiger charge is -2.21. The zero-order valence-electron chi connectivity index (χ0n) is 13.9. The lowest BCUT2D eigenvalue weighted by Crippen LogP contribution is -2.21. The molecule has 1 N–H and O–H groups in total. The van der Waals surface area contributed by atoms with Crippen molar-refractivity contribution in [3.05, 3.63) is 59.9 Å². The van der Waals surface area contributed by atoms with Gasteiger partial charge in [-0.15, -0.1) is 0 Å². The van der Waals surface area contributed by atoms with Crippen LogP contribution in [-0.4, -0.2) is 27.7 Å². The average Bonchev–Trinajstić information content (AvgIpc) is 2.93. The van der Waals surface area contributed by atoms with E-state index >= 15 is 0 Å². The van der Waals surface area contributed by atoms with E-state index in [-0.39, 0.29) is 0 Å². The molecule has 0 aliphatic rings. The maximum Gasteiger partial charge on any atom is 0.143 e. The minimum absolute atomic E-state index is 0.668. The summed E-state index contributed by atoms with van der Waals surface area (Å²) >= 11 is 0. The smallest absolute Gasteiger partial charge is 0.143 e. The molecule has 0 bridgehead atoms. The van der Waals surface area contributed by atoms with Crippen molar-refractivity contribution in [2.24, 2.45) is 7.05 Å². The van der Waals surface area contributed by atoms with Gasteiger partial charge in [-0.1, -0.05) is 24.3 Å².